The van der Waals surface area contributed by atoms with E-state index in [1.54, 1.807) is 25.3 Å². The normalized spacial score (nSPS) is 15.2. The number of benzene rings is 1. The van der Waals surface area contributed by atoms with Crippen LogP contribution in [0.5, 0.6) is 0 Å². The van der Waals surface area contributed by atoms with Gasteiger partial charge in [0.1, 0.15) is 5.01 Å². The van der Waals surface area contributed by atoms with Crippen molar-refractivity contribution in [2.24, 2.45) is 4.99 Å². The maximum Gasteiger partial charge on any atom is 0.219 e. The highest BCUT2D eigenvalue weighted by Crippen LogP contribution is 2.24. The van der Waals surface area contributed by atoms with E-state index in [0.29, 0.717) is 11.6 Å². The van der Waals surface area contributed by atoms with Gasteiger partial charge in [-0.05, 0) is 18.2 Å². The Hall–Kier alpha value is -1.13. The molecule has 0 saturated carbocycles. The molecule has 1 aliphatic rings. The lowest BCUT2D eigenvalue weighted by molar-refractivity contribution is -0.130. The zero-order valence-electron chi connectivity index (χ0n) is 14.2. The molecule has 25 heavy (non-hydrogen) atoms. The number of thiazole rings is 1. The van der Waals surface area contributed by atoms with Gasteiger partial charge in [0.15, 0.2) is 5.96 Å². The van der Waals surface area contributed by atoms with E-state index in [0.717, 1.165) is 47.4 Å². The summed E-state index contributed by atoms with van der Waals surface area (Å²) in [5, 5.41) is 5.06. The summed E-state index contributed by atoms with van der Waals surface area (Å²) in [4.78, 5) is 24.4. The molecule has 2 heterocycles. The zero-order chi connectivity index (χ0) is 17.1. The number of guanidine groups is 1. The van der Waals surface area contributed by atoms with Crippen molar-refractivity contribution in [3.8, 4) is 0 Å². The molecule has 0 radical (unpaired) electrons. The Morgan fingerprint density at radius 1 is 1.32 bits per heavy atom. The number of hydrogen-bond donors (Lipinski definition) is 1. The Bertz CT molecular complexity index is 773. The van der Waals surface area contributed by atoms with E-state index >= 15 is 0 Å². The summed E-state index contributed by atoms with van der Waals surface area (Å²) < 4.78 is 1.13. The van der Waals surface area contributed by atoms with Crippen molar-refractivity contribution < 1.29 is 4.79 Å². The molecule has 1 saturated heterocycles. The number of aromatic nitrogens is 1. The summed E-state index contributed by atoms with van der Waals surface area (Å²) in [5.74, 6) is 0.973. The molecule has 1 aliphatic heterocycles. The highest BCUT2D eigenvalue weighted by molar-refractivity contribution is 14.0. The van der Waals surface area contributed by atoms with Crippen LogP contribution in [0.15, 0.2) is 23.2 Å². The van der Waals surface area contributed by atoms with Crippen molar-refractivity contribution >= 4 is 69.0 Å². The highest BCUT2D eigenvalue weighted by atomic mass is 127. The minimum Gasteiger partial charge on any atom is -0.350 e. The number of fused-ring (bicyclic) bond motifs is 1. The third-order valence-electron chi connectivity index (χ3n) is 4.03. The van der Waals surface area contributed by atoms with Crippen LogP contribution in [-0.2, 0) is 11.3 Å². The van der Waals surface area contributed by atoms with Gasteiger partial charge >= 0.3 is 0 Å². The van der Waals surface area contributed by atoms with E-state index in [9.17, 15) is 4.79 Å². The molecule has 1 fully saturated rings. The molecule has 1 aromatic heterocycles. The van der Waals surface area contributed by atoms with Gasteiger partial charge in [0, 0.05) is 45.2 Å². The van der Waals surface area contributed by atoms with Gasteiger partial charge in [0.05, 0.1) is 16.8 Å². The van der Waals surface area contributed by atoms with Crippen LogP contribution in [-0.4, -0.2) is 59.9 Å². The topological polar surface area (TPSA) is 60.8 Å². The third-order valence-corrected chi connectivity index (χ3v) is 5.30. The van der Waals surface area contributed by atoms with Crippen molar-refractivity contribution in [2.45, 2.75) is 13.5 Å². The first kappa shape index (κ1) is 20.2. The minimum atomic E-state index is 0. The quantitative estimate of drug-likeness (QED) is 0.397. The van der Waals surface area contributed by atoms with Gasteiger partial charge in [-0.15, -0.1) is 35.3 Å². The standard InChI is InChI=1S/C16H20ClN5OS.HI/c1-11(23)21-5-7-22(8-6-21)16(18-2)19-10-15-20-13-9-12(17)3-4-14(13)24-15;/h3-4,9H,5-8,10H2,1-2H3,(H,18,19);1H. The molecule has 3 rings (SSSR count). The smallest absolute Gasteiger partial charge is 0.219 e. The van der Waals surface area contributed by atoms with Gasteiger partial charge in [-0.2, -0.15) is 0 Å². The van der Waals surface area contributed by atoms with Crippen LogP contribution in [0.3, 0.4) is 0 Å². The minimum absolute atomic E-state index is 0. The number of nitrogens with zero attached hydrogens (tertiary/aromatic N) is 4. The Kier molecular flexibility index (Phi) is 7.26. The van der Waals surface area contributed by atoms with E-state index < -0.39 is 0 Å². The molecule has 136 valence electrons. The summed E-state index contributed by atoms with van der Waals surface area (Å²) in [6.07, 6.45) is 0. The molecule has 0 aliphatic carbocycles. The number of carbonyl (C=O) groups is 1. The average Bonchev–Trinajstić information content (AvgIpc) is 2.97. The van der Waals surface area contributed by atoms with Crippen LogP contribution < -0.4 is 5.32 Å². The highest BCUT2D eigenvalue weighted by Gasteiger charge is 2.21. The molecule has 1 aromatic carbocycles. The lowest BCUT2D eigenvalue weighted by Gasteiger charge is -2.36. The van der Waals surface area contributed by atoms with E-state index in [1.165, 1.54) is 0 Å². The molecular formula is C16H21ClIN5OS. The first-order valence-electron chi connectivity index (χ1n) is 7.83. The van der Waals surface area contributed by atoms with Crippen LogP contribution in [0.4, 0.5) is 0 Å². The fraction of sp³-hybridized carbons (Fsp3) is 0.438. The largest absolute Gasteiger partial charge is 0.350 e. The Balaban J connectivity index is 0.00000225. The Morgan fingerprint density at radius 2 is 2.00 bits per heavy atom. The van der Waals surface area contributed by atoms with Gasteiger partial charge in [-0.1, -0.05) is 11.6 Å². The molecule has 2 aromatic rings. The number of rotatable bonds is 2. The molecule has 9 heteroatoms. The number of piperazine rings is 1. The molecule has 0 atom stereocenters. The van der Waals surface area contributed by atoms with Crippen LogP contribution in [0, 0.1) is 0 Å². The monoisotopic (exact) mass is 493 g/mol. The van der Waals surface area contributed by atoms with Crippen LogP contribution in [0.2, 0.25) is 5.02 Å². The van der Waals surface area contributed by atoms with Crippen molar-refractivity contribution in [1.82, 2.24) is 20.1 Å². The predicted octanol–water partition coefficient (Wildman–Crippen LogP) is 2.81. The predicted molar refractivity (Wildman–Crippen MR) is 114 cm³/mol. The van der Waals surface area contributed by atoms with Gasteiger partial charge < -0.3 is 15.1 Å². The van der Waals surface area contributed by atoms with Gasteiger partial charge in [0.2, 0.25) is 5.91 Å². The number of nitrogens with one attached hydrogen (secondary N) is 1. The molecule has 1 amide bonds. The number of hydrogen-bond acceptors (Lipinski definition) is 4. The van der Waals surface area contributed by atoms with Crippen LogP contribution in [0.25, 0.3) is 10.2 Å². The Morgan fingerprint density at radius 3 is 2.64 bits per heavy atom. The van der Waals surface area contributed by atoms with E-state index in [1.807, 2.05) is 23.1 Å². The lowest BCUT2D eigenvalue weighted by Crippen LogP contribution is -2.53. The molecule has 0 spiro atoms. The second-order valence-electron chi connectivity index (χ2n) is 5.61. The SMILES string of the molecule is CN=C(NCc1nc2cc(Cl)ccc2s1)N1CCN(C(C)=O)CC1.I. The summed E-state index contributed by atoms with van der Waals surface area (Å²) in [6, 6.07) is 5.76. The summed E-state index contributed by atoms with van der Waals surface area (Å²) in [5.41, 5.74) is 0.925. The van der Waals surface area contributed by atoms with Crippen LogP contribution >= 0.6 is 46.9 Å². The first-order valence-corrected chi connectivity index (χ1v) is 9.02. The summed E-state index contributed by atoms with van der Waals surface area (Å²) in [7, 11) is 1.78. The van der Waals surface area contributed by atoms with Crippen LogP contribution in [0.1, 0.15) is 11.9 Å². The number of aliphatic imine (C=N–C) groups is 1. The zero-order valence-corrected chi connectivity index (χ0v) is 18.1. The fourth-order valence-electron chi connectivity index (χ4n) is 2.74. The van der Waals surface area contributed by atoms with Gasteiger partial charge in [0.25, 0.3) is 0 Å². The van der Waals surface area contributed by atoms with Gasteiger partial charge in [-0.3, -0.25) is 9.79 Å². The molecular weight excluding hydrogens is 473 g/mol. The van der Waals surface area contributed by atoms with E-state index in [2.05, 4.69) is 20.2 Å². The van der Waals surface area contributed by atoms with Crippen molar-refractivity contribution in [3.05, 3.63) is 28.2 Å². The van der Waals surface area contributed by atoms with E-state index in [4.69, 9.17) is 11.6 Å². The fourth-order valence-corrected chi connectivity index (χ4v) is 3.80. The van der Waals surface area contributed by atoms with Crippen molar-refractivity contribution in [2.75, 3.05) is 33.2 Å². The number of carbonyl (C=O) groups excluding carboxylic acids is 1. The van der Waals surface area contributed by atoms with Gasteiger partial charge in [-0.25, -0.2) is 4.98 Å². The first-order chi connectivity index (χ1) is 11.6. The maximum absolute atomic E-state index is 11.4. The molecule has 0 bridgehead atoms. The second kappa shape index (κ2) is 9.00. The summed E-state index contributed by atoms with van der Waals surface area (Å²) in [6.45, 7) is 5.27. The number of amides is 1. The van der Waals surface area contributed by atoms with E-state index in [-0.39, 0.29) is 29.9 Å². The Labute approximate surface area is 173 Å². The molecule has 0 unspecified atom stereocenters. The second-order valence-corrected chi connectivity index (χ2v) is 7.17. The maximum atomic E-state index is 11.4. The number of halogens is 2. The molecule has 6 nitrogen and oxygen atoms in total. The van der Waals surface area contributed by atoms with Crippen molar-refractivity contribution in [1.29, 1.82) is 0 Å². The third kappa shape index (κ3) is 4.95. The average molecular weight is 494 g/mol. The summed E-state index contributed by atoms with van der Waals surface area (Å²) >= 11 is 7.66. The lowest BCUT2D eigenvalue weighted by atomic mass is 10.3. The molecule has 1 N–H and O–H groups in total. The van der Waals surface area contributed by atoms with Crippen molar-refractivity contribution in [3.63, 3.8) is 0 Å².